The standard InChI is InChI=1S/C18H28F4O3/c1-10-11(2)13-7-12(10)8-17(13,19)9-16(6,18(20,21)22)25-14(23)24-15(3,4)5/h10-13H,7-9H2,1-6H3. The Labute approximate surface area is 146 Å². The number of halogens is 4. The summed E-state index contributed by atoms with van der Waals surface area (Å²) < 4.78 is 65.9. The van der Waals surface area contributed by atoms with E-state index in [1.807, 2.05) is 13.8 Å². The highest BCUT2D eigenvalue weighted by atomic mass is 19.4. The smallest absolute Gasteiger partial charge is 0.429 e. The van der Waals surface area contributed by atoms with Crippen molar-refractivity contribution in [2.24, 2.45) is 23.7 Å². The van der Waals surface area contributed by atoms with E-state index in [0.717, 1.165) is 6.92 Å². The van der Waals surface area contributed by atoms with Gasteiger partial charge >= 0.3 is 12.3 Å². The van der Waals surface area contributed by atoms with E-state index < -0.39 is 41.5 Å². The van der Waals surface area contributed by atoms with Crippen molar-refractivity contribution in [1.82, 2.24) is 0 Å². The summed E-state index contributed by atoms with van der Waals surface area (Å²) in [7, 11) is 0. The van der Waals surface area contributed by atoms with E-state index in [2.05, 4.69) is 4.74 Å². The Balaban J connectivity index is 2.20. The van der Waals surface area contributed by atoms with Crippen molar-refractivity contribution >= 4 is 6.16 Å². The molecule has 6 atom stereocenters. The maximum atomic E-state index is 15.5. The van der Waals surface area contributed by atoms with Gasteiger partial charge in [-0.05, 0) is 64.2 Å². The first-order chi connectivity index (χ1) is 11.1. The fourth-order valence-electron chi connectivity index (χ4n) is 4.50. The summed E-state index contributed by atoms with van der Waals surface area (Å²) in [6.07, 6.45) is -6.52. The van der Waals surface area contributed by atoms with E-state index in [4.69, 9.17) is 4.74 Å². The highest BCUT2D eigenvalue weighted by Crippen LogP contribution is 2.61. The molecule has 0 radical (unpaired) electrons. The van der Waals surface area contributed by atoms with Crippen LogP contribution in [0.4, 0.5) is 22.4 Å². The van der Waals surface area contributed by atoms with E-state index in [0.29, 0.717) is 12.3 Å². The van der Waals surface area contributed by atoms with Crippen LogP contribution in [0.1, 0.15) is 60.8 Å². The van der Waals surface area contributed by atoms with Gasteiger partial charge in [0.05, 0.1) is 0 Å². The van der Waals surface area contributed by atoms with Crippen molar-refractivity contribution in [2.45, 2.75) is 83.9 Å². The predicted molar refractivity (Wildman–Crippen MR) is 84.8 cm³/mol. The molecule has 0 aromatic heterocycles. The van der Waals surface area contributed by atoms with E-state index in [1.54, 1.807) is 0 Å². The first-order valence-electron chi connectivity index (χ1n) is 8.76. The van der Waals surface area contributed by atoms with Crippen LogP contribution in [0.3, 0.4) is 0 Å². The minimum atomic E-state index is -4.89. The molecule has 6 unspecified atom stereocenters. The number of rotatable bonds is 3. The Kier molecular flexibility index (Phi) is 4.89. The highest BCUT2D eigenvalue weighted by Gasteiger charge is 2.65. The third-order valence-corrected chi connectivity index (χ3v) is 5.96. The molecule has 0 spiro atoms. The van der Waals surface area contributed by atoms with Gasteiger partial charge in [-0.1, -0.05) is 13.8 Å². The molecule has 0 saturated heterocycles. The number of hydrogen-bond acceptors (Lipinski definition) is 3. The van der Waals surface area contributed by atoms with Crippen molar-refractivity contribution in [3.63, 3.8) is 0 Å². The molecule has 0 heterocycles. The average Bonchev–Trinajstić information content (AvgIpc) is 2.82. The number of ether oxygens (including phenoxy) is 2. The van der Waals surface area contributed by atoms with Gasteiger partial charge in [0.25, 0.3) is 0 Å². The minimum Gasteiger partial charge on any atom is -0.429 e. The SMILES string of the molecule is CC1C2CC(C1C)C(F)(CC(C)(OC(=O)OC(C)(C)C)C(F)(F)F)C2. The third-order valence-electron chi connectivity index (χ3n) is 5.96. The Morgan fingerprint density at radius 2 is 1.64 bits per heavy atom. The molecule has 2 fully saturated rings. The number of alkyl halides is 4. The van der Waals surface area contributed by atoms with Crippen LogP contribution in [0.15, 0.2) is 0 Å². The maximum absolute atomic E-state index is 15.5. The molecular weight excluding hydrogens is 340 g/mol. The Morgan fingerprint density at radius 3 is 2.04 bits per heavy atom. The number of carbonyl (C=O) groups is 1. The molecule has 3 nitrogen and oxygen atoms in total. The summed E-state index contributed by atoms with van der Waals surface area (Å²) in [6, 6.07) is 0. The zero-order valence-electron chi connectivity index (χ0n) is 15.7. The largest absolute Gasteiger partial charge is 0.509 e. The second-order valence-electron chi connectivity index (χ2n) is 9.03. The monoisotopic (exact) mass is 368 g/mol. The fourth-order valence-corrected chi connectivity index (χ4v) is 4.50. The van der Waals surface area contributed by atoms with E-state index in [9.17, 15) is 18.0 Å². The molecule has 0 amide bonds. The van der Waals surface area contributed by atoms with Crippen LogP contribution in [0, 0.1) is 23.7 Å². The van der Waals surface area contributed by atoms with E-state index in [-0.39, 0.29) is 18.3 Å². The first kappa shape index (κ1) is 20.3. The highest BCUT2D eigenvalue weighted by molar-refractivity contribution is 5.61. The number of fused-ring (bicyclic) bond motifs is 2. The van der Waals surface area contributed by atoms with Crippen LogP contribution < -0.4 is 0 Å². The fraction of sp³-hybridized carbons (Fsp3) is 0.944. The van der Waals surface area contributed by atoms with Crippen LogP contribution in [0.25, 0.3) is 0 Å². The van der Waals surface area contributed by atoms with Crippen molar-refractivity contribution in [2.75, 3.05) is 0 Å². The molecular formula is C18H28F4O3. The van der Waals surface area contributed by atoms with Gasteiger partial charge in [-0.25, -0.2) is 9.18 Å². The maximum Gasteiger partial charge on any atom is 0.509 e. The van der Waals surface area contributed by atoms with Crippen LogP contribution in [0.5, 0.6) is 0 Å². The molecule has 0 aromatic rings. The lowest BCUT2D eigenvalue weighted by Gasteiger charge is -2.42. The number of hydrogen-bond donors (Lipinski definition) is 0. The second-order valence-corrected chi connectivity index (χ2v) is 9.03. The van der Waals surface area contributed by atoms with Crippen LogP contribution in [-0.2, 0) is 9.47 Å². The van der Waals surface area contributed by atoms with Crippen LogP contribution >= 0.6 is 0 Å². The van der Waals surface area contributed by atoms with Crippen molar-refractivity contribution in [3.8, 4) is 0 Å². The Hall–Kier alpha value is -1.01. The van der Waals surface area contributed by atoms with Gasteiger partial charge in [0, 0.05) is 6.42 Å². The number of carbonyl (C=O) groups excluding carboxylic acids is 1. The van der Waals surface area contributed by atoms with Gasteiger partial charge in [-0.2, -0.15) is 13.2 Å². The van der Waals surface area contributed by atoms with Gasteiger partial charge in [0.2, 0.25) is 5.60 Å². The van der Waals surface area contributed by atoms with Gasteiger partial charge < -0.3 is 9.47 Å². The molecule has 2 saturated carbocycles. The van der Waals surface area contributed by atoms with Crippen molar-refractivity contribution in [3.05, 3.63) is 0 Å². The quantitative estimate of drug-likeness (QED) is 0.476. The van der Waals surface area contributed by atoms with Crippen LogP contribution in [-0.4, -0.2) is 29.2 Å². The van der Waals surface area contributed by atoms with E-state index in [1.165, 1.54) is 20.8 Å². The van der Waals surface area contributed by atoms with Gasteiger partial charge in [-0.15, -0.1) is 0 Å². The van der Waals surface area contributed by atoms with E-state index >= 15 is 4.39 Å². The topological polar surface area (TPSA) is 35.5 Å². The summed E-state index contributed by atoms with van der Waals surface area (Å²) in [5.74, 6) is -0.0269. The molecule has 0 N–H and O–H groups in total. The van der Waals surface area contributed by atoms with Gasteiger partial charge in [0.1, 0.15) is 11.3 Å². The molecule has 2 aliphatic carbocycles. The molecule has 2 rings (SSSR count). The summed E-state index contributed by atoms with van der Waals surface area (Å²) in [5.41, 5.74) is -5.90. The third kappa shape index (κ3) is 3.90. The summed E-state index contributed by atoms with van der Waals surface area (Å²) >= 11 is 0. The minimum absolute atomic E-state index is 0.0164. The second kappa shape index (κ2) is 6.02. The first-order valence-corrected chi connectivity index (χ1v) is 8.76. The summed E-state index contributed by atoms with van der Waals surface area (Å²) in [4.78, 5) is 11.8. The molecule has 0 aliphatic heterocycles. The lowest BCUT2D eigenvalue weighted by molar-refractivity contribution is -0.272. The molecule has 25 heavy (non-hydrogen) atoms. The van der Waals surface area contributed by atoms with Crippen molar-refractivity contribution in [1.29, 1.82) is 0 Å². The molecule has 7 heteroatoms. The van der Waals surface area contributed by atoms with Crippen LogP contribution in [0.2, 0.25) is 0 Å². The lowest BCUT2D eigenvalue weighted by Crippen LogP contribution is -2.53. The Morgan fingerprint density at radius 1 is 1.08 bits per heavy atom. The average molecular weight is 368 g/mol. The van der Waals surface area contributed by atoms with Gasteiger partial charge in [-0.3, -0.25) is 0 Å². The lowest BCUT2D eigenvalue weighted by atomic mass is 9.70. The Bertz CT molecular complexity index is 525. The summed E-state index contributed by atoms with van der Waals surface area (Å²) in [5, 5.41) is 0. The molecule has 2 aliphatic rings. The van der Waals surface area contributed by atoms with Gasteiger partial charge in [0.15, 0.2) is 0 Å². The molecule has 0 aromatic carbocycles. The summed E-state index contributed by atoms with van der Waals surface area (Å²) in [6.45, 7) is 9.22. The zero-order chi connectivity index (χ0) is 19.4. The van der Waals surface area contributed by atoms with Crippen molar-refractivity contribution < 1.29 is 31.8 Å². The zero-order valence-corrected chi connectivity index (χ0v) is 15.7. The normalized spacial score (nSPS) is 37.7. The molecule has 146 valence electrons. The predicted octanol–water partition coefficient (Wildman–Crippen LogP) is 5.67. The molecule has 2 bridgehead atoms.